The number of halogens is 1. The summed E-state index contributed by atoms with van der Waals surface area (Å²) in [5.41, 5.74) is 1.42. The molecule has 0 saturated carbocycles. The van der Waals surface area contributed by atoms with E-state index in [0.717, 1.165) is 50.1 Å². The van der Waals surface area contributed by atoms with Gasteiger partial charge < -0.3 is 39.5 Å². The van der Waals surface area contributed by atoms with Crippen LogP contribution >= 0.6 is 0 Å². The van der Waals surface area contributed by atoms with Crippen molar-refractivity contribution < 1.29 is 33.6 Å². The number of ether oxygens (including phenoxy) is 3. The second-order valence-corrected chi connectivity index (χ2v) is 11.6. The monoisotopic (exact) mass is 648 g/mol. The molecule has 3 N–H and O–H groups in total. The third-order valence-electron chi connectivity index (χ3n) is 8.62. The molecule has 248 valence electrons. The molecule has 47 heavy (non-hydrogen) atoms. The number of carbonyl (C=O) groups excluding carboxylic acids is 1. The van der Waals surface area contributed by atoms with E-state index in [1.165, 1.54) is 0 Å². The summed E-state index contributed by atoms with van der Waals surface area (Å²) in [5.74, 6) is 1.77. The molecular formula is C32H37FN8O6. The zero-order valence-electron chi connectivity index (χ0n) is 26.0. The number of aliphatic hydroxyl groups is 2. The highest BCUT2D eigenvalue weighted by atomic mass is 19.1. The molecule has 3 saturated heterocycles. The molecule has 1 amide bonds. The molecule has 3 aliphatic rings. The number of rotatable bonds is 10. The zero-order chi connectivity index (χ0) is 32.9. The standard InChI is InChI=1S/C32H37FN8O6/c1-45-28-13-22(15-36-31(28)40-10-8-39(9-11-40)23-18-46-19-23)37-29-4-6-35-30(38-29)20-2-3-26(21(12-20)14-34)47-27-5-7-41(16-24(27)33)32(44)25(43)17-42/h2-4,6,12-13,15,23-25,27,42-43H,5,7-11,16-19H2,1H3,(H,35,37,38)/t24-,25+,27+/m1/s1. The van der Waals surface area contributed by atoms with E-state index in [4.69, 9.17) is 24.3 Å². The average molecular weight is 649 g/mol. The van der Waals surface area contributed by atoms with E-state index in [9.17, 15) is 19.6 Å². The van der Waals surface area contributed by atoms with Crippen molar-refractivity contribution in [3.8, 4) is 29.0 Å². The quantitative estimate of drug-likeness (QED) is 0.288. The topological polar surface area (TPSA) is 169 Å². The number of alkyl halides is 1. The first-order chi connectivity index (χ1) is 22.9. The molecule has 0 spiro atoms. The molecule has 0 aliphatic carbocycles. The van der Waals surface area contributed by atoms with Crippen LogP contribution in [-0.4, -0.2) is 131 Å². The lowest BCUT2D eigenvalue weighted by atomic mass is 10.0. The molecule has 0 unspecified atom stereocenters. The summed E-state index contributed by atoms with van der Waals surface area (Å²) >= 11 is 0. The van der Waals surface area contributed by atoms with Gasteiger partial charge in [-0.15, -0.1) is 0 Å². The number of likely N-dealkylation sites (tertiary alicyclic amines) is 1. The van der Waals surface area contributed by atoms with Gasteiger partial charge in [0.15, 0.2) is 29.7 Å². The van der Waals surface area contributed by atoms with Crippen molar-refractivity contribution in [3.63, 3.8) is 0 Å². The van der Waals surface area contributed by atoms with Crippen LogP contribution in [0.5, 0.6) is 11.5 Å². The maximum Gasteiger partial charge on any atom is 0.253 e. The van der Waals surface area contributed by atoms with E-state index in [1.54, 1.807) is 43.8 Å². The van der Waals surface area contributed by atoms with Crippen LogP contribution in [0, 0.1) is 11.3 Å². The van der Waals surface area contributed by atoms with Crippen molar-refractivity contribution >= 4 is 23.2 Å². The molecule has 3 aromatic rings. The number of piperazine rings is 1. The number of aliphatic hydroxyl groups excluding tert-OH is 2. The fourth-order valence-electron chi connectivity index (χ4n) is 5.87. The second-order valence-electron chi connectivity index (χ2n) is 11.6. The van der Waals surface area contributed by atoms with Gasteiger partial charge in [0.1, 0.15) is 23.7 Å². The number of carbonyl (C=O) groups is 1. The number of nitriles is 1. The summed E-state index contributed by atoms with van der Waals surface area (Å²) in [4.78, 5) is 31.6. The van der Waals surface area contributed by atoms with E-state index in [-0.39, 0.29) is 30.8 Å². The lowest BCUT2D eigenvalue weighted by molar-refractivity contribution is -0.146. The highest BCUT2D eigenvalue weighted by Gasteiger charge is 2.35. The molecular weight excluding hydrogens is 611 g/mol. The minimum atomic E-state index is -1.59. The molecule has 5 heterocycles. The number of amides is 1. The molecule has 1 aromatic carbocycles. The molecule has 3 atom stereocenters. The lowest BCUT2D eigenvalue weighted by Gasteiger charge is -2.43. The molecule has 6 rings (SSSR count). The van der Waals surface area contributed by atoms with Crippen LogP contribution in [0.4, 0.5) is 21.7 Å². The number of anilines is 3. The first-order valence-electron chi connectivity index (χ1n) is 15.5. The molecule has 3 aliphatic heterocycles. The molecule has 15 heteroatoms. The van der Waals surface area contributed by atoms with Crippen LogP contribution in [0.15, 0.2) is 42.7 Å². The Labute approximate surface area is 271 Å². The number of benzene rings is 1. The predicted molar refractivity (Wildman–Crippen MR) is 168 cm³/mol. The lowest BCUT2D eigenvalue weighted by Crippen LogP contribution is -2.56. The van der Waals surface area contributed by atoms with Crippen LogP contribution in [-0.2, 0) is 9.53 Å². The maximum absolute atomic E-state index is 14.9. The molecule has 14 nitrogen and oxygen atoms in total. The summed E-state index contributed by atoms with van der Waals surface area (Å²) in [6.45, 7) is 4.32. The van der Waals surface area contributed by atoms with Crippen molar-refractivity contribution in [3.05, 3.63) is 48.3 Å². The molecule has 2 aromatic heterocycles. The van der Waals surface area contributed by atoms with E-state index in [0.29, 0.717) is 34.7 Å². The van der Waals surface area contributed by atoms with Crippen molar-refractivity contribution in [2.45, 2.75) is 30.8 Å². The smallest absolute Gasteiger partial charge is 0.253 e. The van der Waals surface area contributed by atoms with E-state index in [2.05, 4.69) is 31.2 Å². The highest BCUT2D eigenvalue weighted by Crippen LogP contribution is 2.32. The van der Waals surface area contributed by atoms with Crippen LogP contribution in [0.1, 0.15) is 12.0 Å². The molecule has 3 fully saturated rings. The Hall–Kier alpha value is -4.62. The van der Waals surface area contributed by atoms with E-state index < -0.39 is 30.9 Å². The Balaban J connectivity index is 1.10. The predicted octanol–water partition coefficient (Wildman–Crippen LogP) is 1.35. The van der Waals surface area contributed by atoms with Crippen LogP contribution in [0.25, 0.3) is 11.4 Å². The first-order valence-corrected chi connectivity index (χ1v) is 15.5. The SMILES string of the molecule is COc1cc(Nc2ccnc(-c3ccc(O[C@H]4CCN(C(=O)[C@@H](O)CO)C[C@H]4F)c(C#N)c3)n2)cnc1N1CCN(C2COC2)CC1. The van der Waals surface area contributed by atoms with Gasteiger partial charge in [-0.3, -0.25) is 9.69 Å². The Kier molecular flexibility index (Phi) is 9.92. The minimum absolute atomic E-state index is 0.145. The van der Waals surface area contributed by atoms with Gasteiger partial charge in [-0.1, -0.05) is 0 Å². The number of hydrogen-bond donors (Lipinski definition) is 3. The van der Waals surface area contributed by atoms with Gasteiger partial charge >= 0.3 is 0 Å². The Morgan fingerprint density at radius 3 is 2.66 bits per heavy atom. The fourth-order valence-corrected chi connectivity index (χ4v) is 5.87. The third kappa shape index (κ3) is 7.20. The third-order valence-corrected chi connectivity index (χ3v) is 8.62. The number of hydrogen-bond acceptors (Lipinski definition) is 13. The normalized spacial score (nSPS) is 21.0. The minimum Gasteiger partial charge on any atom is -0.493 e. The van der Waals surface area contributed by atoms with Crippen LogP contribution in [0.3, 0.4) is 0 Å². The summed E-state index contributed by atoms with van der Waals surface area (Å²) in [5, 5.41) is 31.7. The van der Waals surface area contributed by atoms with Gasteiger partial charge in [-0.25, -0.2) is 19.3 Å². The van der Waals surface area contributed by atoms with Crippen LogP contribution in [0.2, 0.25) is 0 Å². The number of aromatic nitrogens is 3. The number of methoxy groups -OCH3 is 1. The number of nitrogens with one attached hydrogen (secondary N) is 1. The number of piperidine rings is 1. The summed E-state index contributed by atoms with van der Waals surface area (Å²) in [6, 6.07) is 11.0. The highest BCUT2D eigenvalue weighted by molar-refractivity contribution is 5.81. The van der Waals surface area contributed by atoms with Crippen molar-refractivity contribution in [2.24, 2.45) is 0 Å². The summed E-state index contributed by atoms with van der Waals surface area (Å²) in [6.07, 6.45) is -0.533. The zero-order valence-corrected chi connectivity index (χ0v) is 26.0. The van der Waals surface area contributed by atoms with E-state index in [1.807, 2.05) is 6.07 Å². The van der Waals surface area contributed by atoms with Gasteiger partial charge in [0.05, 0.1) is 57.0 Å². The van der Waals surface area contributed by atoms with Gasteiger partial charge in [-0.2, -0.15) is 5.26 Å². The van der Waals surface area contributed by atoms with Crippen molar-refractivity contribution in [1.82, 2.24) is 24.8 Å². The Morgan fingerprint density at radius 2 is 1.98 bits per heavy atom. The van der Waals surface area contributed by atoms with Crippen molar-refractivity contribution in [2.75, 3.05) is 76.4 Å². The first kappa shape index (κ1) is 32.3. The Bertz CT molecular complexity index is 1610. The second kappa shape index (κ2) is 14.4. The Morgan fingerprint density at radius 1 is 1.17 bits per heavy atom. The largest absolute Gasteiger partial charge is 0.493 e. The maximum atomic E-state index is 14.9. The molecule has 0 radical (unpaired) electrons. The van der Waals surface area contributed by atoms with E-state index >= 15 is 0 Å². The van der Waals surface area contributed by atoms with Gasteiger partial charge in [-0.05, 0) is 24.3 Å². The number of pyridine rings is 1. The summed E-state index contributed by atoms with van der Waals surface area (Å²) in [7, 11) is 1.62. The molecule has 0 bridgehead atoms. The fraction of sp³-hybridized carbons (Fsp3) is 0.469. The van der Waals surface area contributed by atoms with Crippen molar-refractivity contribution in [1.29, 1.82) is 5.26 Å². The number of nitrogens with zero attached hydrogens (tertiary/aromatic N) is 7. The summed E-state index contributed by atoms with van der Waals surface area (Å²) < 4.78 is 31.8. The average Bonchev–Trinajstić information content (AvgIpc) is 3.08. The van der Waals surface area contributed by atoms with Gasteiger partial charge in [0.25, 0.3) is 5.91 Å². The van der Waals surface area contributed by atoms with Gasteiger partial charge in [0.2, 0.25) is 0 Å². The van der Waals surface area contributed by atoms with Gasteiger partial charge in [0, 0.05) is 57.0 Å². The van der Waals surface area contributed by atoms with Crippen LogP contribution < -0.4 is 19.7 Å².